The first-order chi connectivity index (χ1) is 8.16. The van der Waals surface area contributed by atoms with Crippen LogP contribution in [-0.2, 0) is 0 Å². The van der Waals surface area contributed by atoms with Gasteiger partial charge in [0.15, 0.2) is 0 Å². The van der Waals surface area contributed by atoms with E-state index in [-0.39, 0.29) is 10.6 Å². The van der Waals surface area contributed by atoms with Crippen molar-refractivity contribution >= 4 is 27.3 Å². The Labute approximate surface area is 108 Å². The molecule has 92 valence electrons. The minimum atomic E-state index is -0.353. The molecule has 1 aliphatic rings. The molecule has 0 bridgehead atoms. The van der Waals surface area contributed by atoms with Gasteiger partial charge < -0.3 is 10.6 Å². The molecule has 1 fully saturated rings. The molecule has 6 heteroatoms. The van der Waals surface area contributed by atoms with E-state index in [2.05, 4.69) is 26.6 Å². The van der Waals surface area contributed by atoms with Gasteiger partial charge in [0.1, 0.15) is 5.69 Å². The molecular weight excluding hydrogens is 286 g/mol. The second-order valence-corrected chi connectivity index (χ2v) is 5.00. The minimum absolute atomic E-state index is 0.123. The molecule has 1 saturated heterocycles. The van der Waals surface area contributed by atoms with Gasteiger partial charge in [-0.3, -0.25) is 10.1 Å². The summed E-state index contributed by atoms with van der Waals surface area (Å²) in [7, 11) is 0. The van der Waals surface area contributed by atoms with E-state index in [1.807, 2.05) is 6.07 Å². The van der Waals surface area contributed by atoms with Crippen LogP contribution in [0.25, 0.3) is 0 Å². The van der Waals surface area contributed by atoms with Crippen LogP contribution in [-0.4, -0.2) is 24.1 Å². The Bertz CT molecular complexity index is 419. The number of nitrogens with zero attached hydrogens (tertiary/aromatic N) is 1. The Morgan fingerprint density at radius 2 is 2.12 bits per heavy atom. The van der Waals surface area contributed by atoms with Gasteiger partial charge in [-0.1, -0.05) is 15.9 Å². The van der Waals surface area contributed by atoms with E-state index in [0.717, 1.165) is 30.4 Å². The molecule has 0 amide bonds. The Hall–Kier alpha value is -1.14. The fourth-order valence-electron chi connectivity index (χ4n) is 1.96. The summed E-state index contributed by atoms with van der Waals surface area (Å²) in [5.41, 5.74) is 0.725. The summed E-state index contributed by atoms with van der Waals surface area (Å²) >= 11 is 3.25. The topological polar surface area (TPSA) is 67.2 Å². The largest absolute Gasteiger partial charge is 0.377 e. The number of nitrogens with one attached hydrogen (secondary N) is 2. The number of halogens is 1. The van der Waals surface area contributed by atoms with Crippen LogP contribution in [0.5, 0.6) is 0 Å². The molecule has 0 aromatic heterocycles. The number of nitro groups is 1. The number of rotatable bonds is 3. The van der Waals surface area contributed by atoms with Crippen LogP contribution in [0, 0.1) is 10.1 Å². The second-order valence-electron chi connectivity index (χ2n) is 4.09. The lowest BCUT2D eigenvalue weighted by molar-refractivity contribution is -0.384. The van der Waals surface area contributed by atoms with Crippen LogP contribution in [0.4, 0.5) is 11.4 Å². The van der Waals surface area contributed by atoms with E-state index in [9.17, 15) is 10.1 Å². The molecule has 0 spiro atoms. The first-order valence-electron chi connectivity index (χ1n) is 5.58. The van der Waals surface area contributed by atoms with Crippen LogP contribution in [0.2, 0.25) is 0 Å². The Kier molecular flexibility index (Phi) is 3.96. The van der Waals surface area contributed by atoms with Gasteiger partial charge in [-0.15, -0.1) is 0 Å². The molecule has 0 atom stereocenters. The number of benzene rings is 1. The molecule has 1 aliphatic heterocycles. The van der Waals surface area contributed by atoms with Crippen LogP contribution in [0.1, 0.15) is 12.8 Å². The van der Waals surface area contributed by atoms with Crippen molar-refractivity contribution in [1.82, 2.24) is 5.32 Å². The zero-order valence-corrected chi connectivity index (χ0v) is 10.9. The fraction of sp³-hybridized carbons (Fsp3) is 0.455. The molecule has 0 radical (unpaired) electrons. The van der Waals surface area contributed by atoms with Gasteiger partial charge in [0.2, 0.25) is 0 Å². The maximum absolute atomic E-state index is 10.9. The molecule has 1 aromatic carbocycles. The van der Waals surface area contributed by atoms with Crippen LogP contribution in [0.3, 0.4) is 0 Å². The van der Waals surface area contributed by atoms with E-state index in [0.29, 0.717) is 11.7 Å². The van der Waals surface area contributed by atoms with Gasteiger partial charge >= 0.3 is 0 Å². The number of piperidine rings is 1. The summed E-state index contributed by atoms with van der Waals surface area (Å²) in [6, 6.07) is 5.42. The fourth-order valence-corrected chi connectivity index (χ4v) is 2.31. The third-order valence-corrected chi connectivity index (χ3v) is 3.35. The van der Waals surface area contributed by atoms with E-state index in [4.69, 9.17) is 0 Å². The SMILES string of the molecule is O=[N+]([O-])c1cc(Br)ccc1NC1CCNCC1. The maximum Gasteiger partial charge on any atom is 0.293 e. The normalized spacial score (nSPS) is 16.8. The zero-order valence-electron chi connectivity index (χ0n) is 9.28. The number of hydrogen-bond acceptors (Lipinski definition) is 4. The average molecular weight is 300 g/mol. The lowest BCUT2D eigenvalue weighted by atomic mass is 10.1. The first-order valence-corrected chi connectivity index (χ1v) is 6.37. The van der Waals surface area contributed by atoms with Gasteiger partial charge in [-0.05, 0) is 38.1 Å². The van der Waals surface area contributed by atoms with Crippen LogP contribution >= 0.6 is 15.9 Å². The summed E-state index contributed by atoms with van der Waals surface area (Å²) in [5.74, 6) is 0. The highest BCUT2D eigenvalue weighted by molar-refractivity contribution is 9.10. The van der Waals surface area contributed by atoms with Gasteiger partial charge in [0.05, 0.1) is 4.92 Å². The van der Waals surface area contributed by atoms with E-state index in [1.54, 1.807) is 6.07 Å². The summed E-state index contributed by atoms with van der Waals surface area (Å²) in [6.07, 6.45) is 1.99. The van der Waals surface area contributed by atoms with Crippen molar-refractivity contribution in [2.45, 2.75) is 18.9 Å². The molecule has 2 rings (SSSR count). The third-order valence-electron chi connectivity index (χ3n) is 2.86. The van der Waals surface area contributed by atoms with Crippen LogP contribution < -0.4 is 10.6 Å². The number of nitro benzene ring substituents is 1. The van der Waals surface area contributed by atoms with E-state index < -0.39 is 0 Å². The monoisotopic (exact) mass is 299 g/mol. The highest BCUT2D eigenvalue weighted by Gasteiger charge is 2.18. The zero-order chi connectivity index (χ0) is 12.3. The summed E-state index contributed by atoms with van der Waals surface area (Å²) < 4.78 is 0.722. The molecule has 0 unspecified atom stereocenters. The van der Waals surface area contributed by atoms with Gasteiger partial charge in [0.25, 0.3) is 5.69 Å². The summed E-state index contributed by atoms with van der Waals surface area (Å²) in [4.78, 5) is 10.6. The summed E-state index contributed by atoms with van der Waals surface area (Å²) in [6.45, 7) is 1.92. The highest BCUT2D eigenvalue weighted by Crippen LogP contribution is 2.29. The molecule has 17 heavy (non-hydrogen) atoms. The van der Waals surface area contributed by atoms with Crippen molar-refractivity contribution in [2.75, 3.05) is 18.4 Å². The average Bonchev–Trinajstić information content (AvgIpc) is 2.32. The van der Waals surface area contributed by atoms with E-state index >= 15 is 0 Å². The molecule has 0 aliphatic carbocycles. The predicted octanol–water partition coefficient (Wildman–Crippen LogP) is 2.52. The van der Waals surface area contributed by atoms with Crippen molar-refractivity contribution in [1.29, 1.82) is 0 Å². The van der Waals surface area contributed by atoms with Gasteiger partial charge in [0, 0.05) is 16.6 Å². The van der Waals surface area contributed by atoms with Crippen LogP contribution in [0.15, 0.2) is 22.7 Å². The standard InChI is InChI=1S/C11H14BrN3O2/c12-8-1-2-10(11(7-8)15(16)17)14-9-3-5-13-6-4-9/h1-2,7,9,13-14H,3-6H2. The van der Waals surface area contributed by atoms with Crippen molar-refractivity contribution in [3.05, 3.63) is 32.8 Å². The minimum Gasteiger partial charge on any atom is -0.377 e. The molecule has 5 nitrogen and oxygen atoms in total. The smallest absolute Gasteiger partial charge is 0.293 e. The van der Waals surface area contributed by atoms with Crippen molar-refractivity contribution in [3.63, 3.8) is 0 Å². The van der Waals surface area contributed by atoms with Gasteiger partial charge in [-0.25, -0.2) is 0 Å². The van der Waals surface area contributed by atoms with Crippen molar-refractivity contribution in [3.8, 4) is 0 Å². The molecule has 0 saturated carbocycles. The molecular formula is C11H14BrN3O2. The molecule has 2 N–H and O–H groups in total. The summed E-state index contributed by atoms with van der Waals surface area (Å²) in [5, 5.41) is 17.5. The predicted molar refractivity (Wildman–Crippen MR) is 70.3 cm³/mol. The van der Waals surface area contributed by atoms with E-state index in [1.165, 1.54) is 6.07 Å². The molecule has 1 heterocycles. The number of hydrogen-bond donors (Lipinski definition) is 2. The third kappa shape index (κ3) is 3.17. The Balaban J connectivity index is 2.16. The Morgan fingerprint density at radius 1 is 1.41 bits per heavy atom. The molecule has 1 aromatic rings. The second kappa shape index (κ2) is 5.46. The lowest BCUT2D eigenvalue weighted by Gasteiger charge is -2.24. The quantitative estimate of drug-likeness (QED) is 0.665. The highest BCUT2D eigenvalue weighted by atomic mass is 79.9. The Morgan fingerprint density at radius 3 is 2.76 bits per heavy atom. The maximum atomic E-state index is 10.9. The lowest BCUT2D eigenvalue weighted by Crippen LogP contribution is -2.35. The van der Waals surface area contributed by atoms with Crippen molar-refractivity contribution in [2.24, 2.45) is 0 Å². The van der Waals surface area contributed by atoms with Crippen molar-refractivity contribution < 1.29 is 4.92 Å². The number of anilines is 1. The van der Waals surface area contributed by atoms with Gasteiger partial charge in [-0.2, -0.15) is 0 Å². The first kappa shape index (κ1) is 12.3.